The largest absolute Gasteiger partial charge is 0.507 e. The van der Waals surface area contributed by atoms with Gasteiger partial charge in [0, 0.05) is 12.1 Å². The molecule has 0 aliphatic carbocycles. The van der Waals surface area contributed by atoms with Crippen molar-refractivity contribution < 1.29 is 18.3 Å². The fraction of sp³-hybridized carbons (Fsp3) is 0.231. The van der Waals surface area contributed by atoms with Gasteiger partial charge in [-0.3, -0.25) is 5.41 Å². The standard InChI is InChI=1S/C13H14F3N3O/c1-8(4-10(6-17)19-7-18)11-3-2-9(5-12(11)20)13(14,15)16/h2-5,7,18,20H,6,17H2,1H3/b8-4+,18-7?,19-10?. The minimum atomic E-state index is -4.50. The highest BCUT2D eigenvalue weighted by Gasteiger charge is 2.31. The number of hydrogen-bond donors (Lipinski definition) is 3. The van der Waals surface area contributed by atoms with Gasteiger partial charge in [-0.05, 0) is 30.7 Å². The maximum absolute atomic E-state index is 12.5. The summed E-state index contributed by atoms with van der Waals surface area (Å²) >= 11 is 0. The molecule has 0 fully saturated rings. The van der Waals surface area contributed by atoms with Crippen LogP contribution >= 0.6 is 0 Å². The summed E-state index contributed by atoms with van der Waals surface area (Å²) in [6.07, 6.45) is -2.18. The number of alkyl halides is 3. The summed E-state index contributed by atoms with van der Waals surface area (Å²) in [5.41, 5.74) is 5.64. The van der Waals surface area contributed by atoms with E-state index in [0.29, 0.717) is 17.4 Å². The van der Waals surface area contributed by atoms with E-state index in [1.807, 2.05) is 0 Å². The lowest BCUT2D eigenvalue weighted by atomic mass is 10.0. The third-order valence-electron chi connectivity index (χ3n) is 2.57. The molecule has 1 aromatic rings. The van der Waals surface area contributed by atoms with Crippen molar-refractivity contribution in [3.63, 3.8) is 0 Å². The van der Waals surface area contributed by atoms with E-state index in [4.69, 9.17) is 11.1 Å². The topological polar surface area (TPSA) is 82.5 Å². The molecule has 0 unspecified atom stereocenters. The van der Waals surface area contributed by atoms with Crippen molar-refractivity contribution >= 4 is 17.6 Å². The first kappa shape index (κ1) is 15.9. The van der Waals surface area contributed by atoms with Crippen molar-refractivity contribution in [2.24, 2.45) is 10.7 Å². The Kier molecular flexibility index (Phi) is 5.04. The summed E-state index contributed by atoms with van der Waals surface area (Å²) in [6.45, 7) is 1.69. The molecule has 108 valence electrons. The minimum absolute atomic E-state index is 0.0775. The Labute approximate surface area is 114 Å². The third kappa shape index (κ3) is 3.92. The van der Waals surface area contributed by atoms with E-state index in [1.54, 1.807) is 6.92 Å². The molecule has 0 bridgehead atoms. The van der Waals surface area contributed by atoms with Gasteiger partial charge in [-0.2, -0.15) is 13.2 Å². The number of phenols is 1. The first-order valence-electron chi connectivity index (χ1n) is 5.64. The summed E-state index contributed by atoms with van der Waals surface area (Å²) in [7, 11) is 0. The van der Waals surface area contributed by atoms with Gasteiger partial charge in [-0.15, -0.1) is 0 Å². The number of phenolic OH excluding ortho intramolecular Hbond substituents is 1. The van der Waals surface area contributed by atoms with Gasteiger partial charge in [0.05, 0.1) is 11.3 Å². The van der Waals surface area contributed by atoms with Crippen molar-refractivity contribution in [2.45, 2.75) is 13.1 Å². The molecule has 0 radical (unpaired) electrons. The van der Waals surface area contributed by atoms with E-state index in [0.717, 1.165) is 12.4 Å². The van der Waals surface area contributed by atoms with E-state index in [1.165, 1.54) is 12.1 Å². The number of aliphatic imine (C=N–C) groups is 1. The lowest BCUT2D eigenvalue weighted by molar-refractivity contribution is -0.137. The highest BCUT2D eigenvalue weighted by molar-refractivity contribution is 6.05. The van der Waals surface area contributed by atoms with Gasteiger partial charge in [-0.1, -0.05) is 6.07 Å². The van der Waals surface area contributed by atoms with Crippen molar-refractivity contribution in [1.29, 1.82) is 5.41 Å². The van der Waals surface area contributed by atoms with Gasteiger partial charge in [0.25, 0.3) is 0 Å². The van der Waals surface area contributed by atoms with Crippen LogP contribution in [0.25, 0.3) is 5.57 Å². The Bertz CT molecular complexity index is 562. The Hall–Kier alpha value is -2.15. The van der Waals surface area contributed by atoms with Crippen LogP contribution in [0.1, 0.15) is 18.1 Å². The predicted octanol–water partition coefficient (Wildman–Crippen LogP) is 2.82. The molecule has 0 saturated carbocycles. The van der Waals surface area contributed by atoms with Crippen LogP contribution in [0.4, 0.5) is 13.2 Å². The van der Waals surface area contributed by atoms with Crippen LogP contribution in [0.2, 0.25) is 0 Å². The number of halogens is 3. The molecule has 20 heavy (non-hydrogen) atoms. The second-order valence-electron chi connectivity index (χ2n) is 4.01. The molecule has 0 aliphatic heterocycles. The molecular weight excluding hydrogens is 271 g/mol. The Morgan fingerprint density at radius 1 is 1.45 bits per heavy atom. The zero-order chi connectivity index (χ0) is 15.3. The molecule has 4 N–H and O–H groups in total. The normalized spacial score (nSPS) is 13.4. The average molecular weight is 285 g/mol. The summed E-state index contributed by atoms with van der Waals surface area (Å²) in [4.78, 5) is 3.69. The predicted molar refractivity (Wildman–Crippen MR) is 72.0 cm³/mol. The van der Waals surface area contributed by atoms with Crippen LogP contribution in [-0.4, -0.2) is 23.7 Å². The molecule has 0 amide bonds. The zero-order valence-electron chi connectivity index (χ0n) is 10.7. The highest BCUT2D eigenvalue weighted by atomic mass is 19.4. The number of allylic oxidation sites excluding steroid dienone is 1. The Balaban J connectivity index is 3.18. The smallest absolute Gasteiger partial charge is 0.416 e. The molecule has 7 heteroatoms. The average Bonchev–Trinajstić information content (AvgIpc) is 2.36. The Morgan fingerprint density at radius 3 is 2.55 bits per heavy atom. The quantitative estimate of drug-likeness (QED) is 0.587. The van der Waals surface area contributed by atoms with Gasteiger partial charge in [0.15, 0.2) is 0 Å². The molecule has 0 saturated heterocycles. The van der Waals surface area contributed by atoms with E-state index < -0.39 is 17.5 Å². The fourth-order valence-corrected chi connectivity index (χ4v) is 1.60. The number of aromatic hydroxyl groups is 1. The number of nitrogens with zero attached hydrogens (tertiary/aromatic N) is 1. The minimum Gasteiger partial charge on any atom is -0.507 e. The van der Waals surface area contributed by atoms with Gasteiger partial charge < -0.3 is 10.8 Å². The second kappa shape index (κ2) is 6.33. The zero-order valence-corrected chi connectivity index (χ0v) is 10.7. The van der Waals surface area contributed by atoms with Crippen LogP contribution in [0, 0.1) is 5.41 Å². The van der Waals surface area contributed by atoms with Gasteiger partial charge in [0.1, 0.15) is 12.1 Å². The van der Waals surface area contributed by atoms with Crippen LogP contribution < -0.4 is 5.73 Å². The van der Waals surface area contributed by atoms with Crippen LogP contribution in [0.5, 0.6) is 5.75 Å². The monoisotopic (exact) mass is 285 g/mol. The molecule has 0 aromatic heterocycles. The van der Waals surface area contributed by atoms with E-state index in [2.05, 4.69) is 4.99 Å². The summed E-state index contributed by atoms with van der Waals surface area (Å²) in [5.74, 6) is -0.472. The van der Waals surface area contributed by atoms with E-state index >= 15 is 0 Å². The van der Waals surface area contributed by atoms with E-state index in [-0.39, 0.29) is 12.1 Å². The molecular formula is C13H14F3N3O. The van der Waals surface area contributed by atoms with Crippen LogP contribution in [-0.2, 0) is 6.18 Å². The third-order valence-corrected chi connectivity index (χ3v) is 2.57. The lowest BCUT2D eigenvalue weighted by Crippen LogP contribution is -2.11. The highest BCUT2D eigenvalue weighted by Crippen LogP contribution is 2.34. The van der Waals surface area contributed by atoms with Crippen LogP contribution in [0.3, 0.4) is 0 Å². The number of nitrogens with two attached hydrogens (primary N) is 1. The summed E-state index contributed by atoms with van der Waals surface area (Å²) in [6, 6.07) is 2.74. The molecule has 0 atom stereocenters. The first-order chi connectivity index (χ1) is 9.29. The molecule has 1 rings (SSSR count). The number of nitrogens with one attached hydrogen (secondary N) is 1. The van der Waals surface area contributed by atoms with Gasteiger partial charge >= 0.3 is 6.18 Å². The fourth-order valence-electron chi connectivity index (χ4n) is 1.60. The lowest BCUT2D eigenvalue weighted by Gasteiger charge is -2.10. The van der Waals surface area contributed by atoms with Crippen molar-refractivity contribution in [3.05, 3.63) is 35.4 Å². The number of benzene rings is 1. The number of rotatable bonds is 4. The second-order valence-corrected chi connectivity index (χ2v) is 4.01. The van der Waals surface area contributed by atoms with Crippen molar-refractivity contribution in [1.82, 2.24) is 0 Å². The first-order valence-corrected chi connectivity index (χ1v) is 5.64. The molecule has 0 spiro atoms. The molecule has 1 aromatic carbocycles. The molecule has 0 heterocycles. The molecule has 4 nitrogen and oxygen atoms in total. The number of hydrogen-bond acceptors (Lipinski definition) is 3. The summed E-state index contributed by atoms with van der Waals surface area (Å²) in [5, 5.41) is 16.5. The maximum Gasteiger partial charge on any atom is 0.416 e. The van der Waals surface area contributed by atoms with E-state index in [9.17, 15) is 18.3 Å². The molecule has 0 aliphatic rings. The van der Waals surface area contributed by atoms with Crippen molar-refractivity contribution in [3.8, 4) is 5.75 Å². The summed E-state index contributed by atoms with van der Waals surface area (Å²) < 4.78 is 37.4. The van der Waals surface area contributed by atoms with Gasteiger partial charge in [-0.25, -0.2) is 4.99 Å². The van der Waals surface area contributed by atoms with Crippen LogP contribution in [0.15, 0.2) is 29.3 Å². The van der Waals surface area contributed by atoms with Crippen molar-refractivity contribution in [2.75, 3.05) is 6.54 Å². The SMILES string of the molecule is C/C(=C\C(CN)=NC=N)c1ccc(C(F)(F)F)cc1O. The maximum atomic E-state index is 12.5. The Morgan fingerprint density at radius 2 is 2.10 bits per heavy atom. The van der Waals surface area contributed by atoms with Gasteiger partial charge in [0.2, 0.25) is 0 Å².